The maximum atomic E-state index is 11.8. The van der Waals surface area contributed by atoms with E-state index in [0.717, 1.165) is 5.56 Å². The summed E-state index contributed by atoms with van der Waals surface area (Å²) in [4.78, 5) is 11.8. The third-order valence-corrected chi connectivity index (χ3v) is 2.79. The molecule has 0 N–H and O–H groups in total. The van der Waals surface area contributed by atoms with Gasteiger partial charge in [-0.05, 0) is 17.7 Å². The average Bonchev–Trinajstić information content (AvgIpc) is 2.53. The van der Waals surface area contributed by atoms with Crippen molar-refractivity contribution in [2.75, 3.05) is 7.11 Å². The second-order valence-corrected chi connectivity index (χ2v) is 4.22. The van der Waals surface area contributed by atoms with Crippen LogP contribution in [0.3, 0.4) is 0 Å². The number of methoxy groups -OCH3 is 1. The van der Waals surface area contributed by atoms with Crippen molar-refractivity contribution in [3.05, 3.63) is 83.8 Å². The average molecular weight is 268 g/mol. The Morgan fingerprint density at radius 3 is 2.20 bits per heavy atom. The maximum Gasteiger partial charge on any atom is 0.343 e. The normalized spacial score (nSPS) is 10.9. The first-order valence-corrected chi connectivity index (χ1v) is 6.32. The highest BCUT2D eigenvalue weighted by atomic mass is 16.5. The van der Waals surface area contributed by atoms with E-state index in [2.05, 4.69) is 0 Å². The molecule has 102 valence electrons. The molecule has 0 fully saturated rings. The van der Waals surface area contributed by atoms with E-state index in [4.69, 9.17) is 9.47 Å². The van der Waals surface area contributed by atoms with E-state index in [-0.39, 0.29) is 0 Å². The van der Waals surface area contributed by atoms with Crippen LogP contribution in [0.15, 0.2) is 72.7 Å². The predicted octanol–water partition coefficient (Wildman–Crippen LogP) is 3.57. The van der Waals surface area contributed by atoms with Gasteiger partial charge in [0, 0.05) is 6.42 Å². The smallest absolute Gasteiger partial charge is 0.343 e. The minimum atomic E-state index is -0.395. The van der Waals surface area contributed by atoms with E-state index in [1.807, 2.05) is 36.4 Å². The Bertz CT molecular complexity index is 574. The van der Waals surface area contributed by atoms with Crippen LogP contribution in [0.1, 0.15) is 15.9 Å². The number of hydrogen-bond acceptors (Lipinski definition) is 3. The number of carbonyl (C=O) groups is 1. The molecule has 0 atom stereocenters. The van der Waals surface area contributed by atoms with Crippen LogP contribution in [-0.2, 0) is 15.9 Å². The zero-order valence-electron chi connectivity index (χ0n) is 11.3. The standard InChI is InChI=1S/C17H16O3/c1-19-16(12-14-8-4-2-5-9-14)13-20-17(18)15-10-6-3-7-11-15/h2-11,13H,12H2,1H3. The molecule has 0 aromatic heterocycles. The summed E-state index contributed by atoms with van der Waals surface area (Å²) in [6.45, 7) is 0. The highest BCUT2D eigenvalue weighted by molar-refractivity contribution is 5.89. The summed E-state index contributed by atoms with van der Waals surface area (Å²) < 4.78 is 10.4. The molecule has 3 heteroatoms. The second-order valence-electron chi connectivity index (χ2n) is 4.22. The van der Waals surface area contributed by atoms with E-state index >= 15 is 0 Å². The lowest BCUT2D eigenvalue weighted by molar-refractivity contribution is 0.0647. The fourth-order valence-corrected chi connectivity index (χ4v) is 1.72. The van der Waals surface area contributed by atoms with Crippen LogP contribution < -0.4 is 0 Å². The molecule has 3 nitrogen and oxygen atoms in total. The molecule has 0 saturated carbocycles. The topological polar surface area (TPSA) is 35.5 Å². The van der Waals surface area contributed by atoms with Crippen LogP contribution in [0.4, 0.5) is 0 Å². The largest absolute Gasteiger partial charge is 0.498 e. The van der Waals surface area contributed by atoms with E-state index in [1.54, 1.807) is 31.4 Å². The number of hydrogen-bond donors (Lipinski definition) is 0. The Hall–Kier alpha value is -2.55. The van der Waals surface area contributed by atoms with Crippen molar-refractivity contribution in [1.82, 2.24) is 0 Å². The first kappa shape index (κ1) is 13.9. The summed E-state index contributed by atoms with van der Waals surface area (Å²) >= 11 is 0. The van der Waals surface area contributed by atoms with Crippen molar-refractivity contribution < 1.29 is 14.3 Å². The minimum Gasteiger partial charge on any atom is -0.498 e. The summed E-state index contributed by atoms with van der Waals surface area (Å²) in [5.74, 6) is 0.202. The molecule has 2 aromatic rings. The van der Waals surface area contributed by atoms with Crippen molar-refractivity contribution in [1.29, 1.82) is 0 Å². The van der Waals surface area contributed by atoms with Crippen molar-refractivity contribution >= 4 is 5.97 Å². The molecule has 0 amide bonds. The zero-order valence-corrected chi connectivity index (χ0v) is 11.3. The van der Waals surface area contributed by atoms with Crippen LogP contribution in [0.25, 0.3) is 0 Å². The molecule has 0 heterocycles. The second kappa shape index (κ2) is 7.14. The monoisotopic (exact) mass is 268 g/mol. The molecule has 0 aliphatic rings. The molecule has 0 radical (unpaired) electrons. The lowest BCUT2D eigenvalue weighted by Crippen LogP contribution is -2.02. The molecule has 2 rings (SSSR count). The van der Waals surface area contributed by atoms with Gasteiger partial charge < -0.3 is 9.47 Å². The molecule has 0 bridgehead atoms. The lowest BCUT2D eigenvalue weighted by atomic mass is 10.1. The zero-order chi connectivity index (χ0) is 14.2. The number of benzene rings is 2. The fourth-order valence-electron chi connectivity index (χ4n) is 1.72. The van der Waals surface area contributed by atoms with Gasteiger partial charge in [0.2, 0.25) is 0 Å². The third-order valence-electron chi connectivity index (χ3n) is 2.79. The van der Waals surface area contributed by atoms with Gasteiger partial charge in [-0.2, -0.15) is 0 Å². The first-order chi connectivity index (χ1) is 9.79. The van der Waals surface area contributed by atoms with Gasteiger partial charge in [0.15, 0.2) is 0 Å². The van der Waals surface area contributed by atoms with Gasteiger partial charge in [-0.3, -0.25) is 0 Å². The molecule has 0 spiro atoms. The summed E-state index contributed by atoms with van der Waals surface area (Å²) in [6, 6.07) is 18.7. The van der Waals surface area contributed by atoms with Crippen molar-refractivity contribution in [2.45, 2.75) is 6.42 Å². The Morgan fingerprint density at radius 1 is 1.00 bits per heavy atom. The highest BCUT2D eigenvalue weighted by Crippen LogP contribution is 2.09. The number of rotatable bonds is 5. The van der Waals surface area contributed by atoms with Crippen molar-refractivity contribution in [3.8, 4) is 0 Å². The Labute approximate surface area is 118 Å². The van der Waals surface area contributed by atoms with Gasteiger partial charge in [-0.25, -0.2) is 4.79 Å². The third kappa shape index (κ3) is 3.99. The van der Waals surface area contributed by atoms with Crippen LogP contribution in [-0.4, -0.2) is 13.1 Å². The summed E-state index contributed by atoms with van der Waals surface area (Å²) in [5, 5.41) is 0. The van der Waals surface area contributed by atoms with Crippen LogP contribution >= 0.6 is 0 Å². The molecule has 20 heavy (non-hydrogen) atoms. The van der Waals surface area contributed by atoms with E-state index in [9.17, 15) is 4.79 Å². The Kier molecular flexibility index (Phi) is 4.95. The minimum absolute atomic E-state index is 0.395. The van der Waals surface area contributed by atoms with Gasteiger partial charge >= 0.3 is 5.97 Å². The van der Waals surface area contributed by atoms with Crippen LogP contribution in [0, 0.1) is 0 Å². The number of esters is 1. The molecule has 0 saturated heterocycles. The molecule has 2 aromatic carbocycles. The summed E-state index contributed by atoms with van der Waals surface area (Å²) in [5.41, 5.74) is 1.61. The SMILES string of the molecule is COC(=COC(=O)c1ccccc1)Cc1ccccc1. The Balaban J connectivity index is 1.99. The van der Waals surface area contributed by atoms with Crippen molar-refractivity contribution in [3.63, 3.8) is 0 Å². The predicted molar refractivity (Wildman–Crippen MR) is 77.1 cm³/mol. The molecule has 0 unspecified atom stereocenters. The quantitative estimate of drug-likeness (QED) is 0.614. The molecule has 0 aliphatic heterocycles. The summed E-state index contributed by atoms with van der Waals surface area (Å²) in [6.07, 6.45) is 1.95. The highest BCUT2D eigenvalue weighted by Gasteiger charge is 2.06. The van der Waals surface area contributed by atoms with Gasteiger partial charge in [0.05, 0.1) is 12.7 Å². The van der Waals surface area contributed by atoms with Gasteiger partial charge in [0.1, 0.15) is 12.0 Å². The molecular formula is C17H16O3. The molecular weight excluding hydrogens is 252 g/mol. The maximum absolute atomic E-state index is 11.8. The summed E-state index contributed by atoms with van der Waals surface area (Å²) in [7, 11) is 1.56. The van der Waals surface area contributed by atoms with Gasteiger partial charge in [0.25, 0.3) is 0 Å². The van der Waals surface area contributed by atoms with Crippen molar-refractivity contribution in [2.24, 2.45) is 0 Å². The number of ether oxygens (including phenoxy) is 2. The molecule has 0 aliphatic carbocycles. The number of allylic oxidation sites excluding steroid dienone is 1. The van der Waals surface area contributed by atoms with E-state index in [0.29, 0.717) is 17.7 Å². The van der Waals surface area contributed by atoms with Gasteiger partial charge in [-0.15, -0.1) is 0 Å². The van der Waals surface area contributed by atoms with Crippen LogP contribution in [0.2, 0.25) is 0 Å². The van der Waals surface area contributed by atoms with Crippen LogP contribution in [0.5, 0.6) is 0 Å². The first-order valence-electron chi connectivity index (χ1n) is 6.32. The lowest BCUT2D eigenvalue weighted by Gasteiger charge is -2.06. The Morgan fingerprint density at radius 2 is 1.60 bits per heavy atom. The van der Waals surface area contributed by atoms with Gasteiger partial charge in [-0.1, -0.05) is 48.5 Å². The number of carbonyl (C=O) groups excluding carboxylic acids is 1. The van der Waals surface area contributed by atoms with E-state index in [1.165, 1.54) is 6.26 Å². The van der Waals surface area contributed by atoms with E-state index < -0.39 is 5.97 Å². The fraction of sp³-hybridized carbons (Fsp3) is 0.118.